The fourth-order valence-corrected chi connectivity index (χ4v) is 1.34. The van der Waals surface area contributed by atoms with E-state index in [2.05, 4.69) is 25.9 Å². The summed E-state index contributed by atoms with van der Waals surface area (Å²) in [4.78, 5) is 7.93. The standard InChI is InChI=1S/C11H9BrN2O2/c1-15-8-2-4-9(5-3-8)16-10-6-13-11(12)14-7-10/h2-7H,1H3. The monoisotopic (exact) mass is 280 g/mol. The van der Waals surface area contributed by atoms with E-state index in [-0.39, 0.29) is 0 Å². The van der Waals surface area contributed by atoms with E-state index in [1.54, 1.807) is 19.5 Å². The van der Waals surface area contributed by atoms with Gasteiger partial charge in [0.25, 0.3) is 0 Å². The summed E-state index contributed by atoms with van der Waals surface area (Å²) in [6, 6.07) is 7.30. The minimum atomic E-state index is 0.537. The molecule has 0 bridgehead atoms. The van der Waals surface area contributed by atoms with Gasteiger partial charge in [-0.05, 0) is 40.2 Å². The van der Waals surface area contributed by atoms with E-state index in [0.29, 0.717) is 16.2 Å². The van der Waals surface area contributed by atoms with Crippen LogP contribution in [0.15, 0.2) is 41.4 Å². The van der Waals surface area contributed by atoms with Crippen LogP contribution in [-0.4, -0.2) is 17.1 Å². The van der Waals surface area contributed by atoms with Crippen LogP contribution in [0.1, 0.15) is 0 Å². The number of aromatic nitrogens is 2. The first-order chi connectivity index (χ1) is 7.78. The van der Waals surface area contributed by atoms with Crippen LogP contribution in [0.2, 0.25) is 0 Å². The van der Waals surface area contributed by atoms with Crippen LogP contribution in [0, 0.1) is 0 Å². The Morgan fingerprint density at radius 2 is 1.50 bits per heavy atom. The van der Waals surface area contributed by atoms with E-state index in [4.69, 9.17) is 9.47 Å². The lowest BCUT2D eigenvalue weighted by Gasteiger charge is -2.05. The van der Waals surface area contributed by atoms with Gasteiger partial charge in [0.05, 0.1) is 19.5 Å². The van der Waals surface area contributed by atoms with Crippen LogP contribution in [-0.2, 0) is 0 Å². The van der Waals surface area contributed by atoms with Gasteiger partial charge in [-0.25, -0.2) is 9.97 Å². The summed E-state index contributed by atoms with van der Waals surface area (Å²) in [5, 5.41) is 0. The largest absolute Gasteiger partial charge is 0.497 e. The minimum absolute atomic E-state index is 0.537. The van der Waals surface area contributed by atoms with Crippen molar-refractivity contribution in [3.63, 3.8) is 0 Å². The van der Waals surface area contributed by atoms with Crippen molar-refractivity contribution in [1.29, 1.82) is 0 Å². The third kappa shape index (κ3) is 2.70. The topological polar surface area (TPSA) is 44.2 Å². The molecule has 0 saturated carbocycles. The molecule has 0 aliphatic heterocycles. The fourth-order valence-electron chi connectivity index (χ4n) is 1.13. The molecule has 1 aromatic carbocycles. The molecule has 1 aromatic heterocycles. The number of hydrogen-bond donors (Lipinski definition) is 0. The third-order valence-electron chi connectivity index (χ3n) is 1.89. The van der Waals surface area contributed by atoms with Gasteiger partial charge >= 0.3 is 0 Å². The predicted molar refractivity (Wildman–Crippen MR) is 62.8 cm³/mol. The number of ether oxygens (including phenoxy) is 2. The van der Waals surface area contributed by atoms with Crippen molar-refractivity contribution >= 4 is 15.9 Å². The van der Waals surface area contributed by atoms with Crippen LogP contribution in [0.25, 0.3) is 0 Å². The second-order valence-corrected chi connectivity index (χ2v) is 3.67. The third-order valence-corrected chi connectivity index (χ3v) is 2.30. The van der Waals surface area contributed by atoms with Gasteiger partial charge in [-0.1, -0.05) is 0 Å². The lowest BCUT2D eigenvalue weighted by Crippen LogP contribution is -1.88. The molecule has 0 amide bonds. The Morgan fingerprint density at radius 1 is 0.938 bits per heavy atom. The molecule has 2 aromatic rings. The van der Waals surface area contributed by atoms with Gasteiger partial charge in [0.2, 0.25) is 0 Å². The van der Waals surface area contributed by atoms with E-state index in [0.717, 1.165) is 5.75 Å². The molecule has 0 radical (unpaired) electrons. The lowest BCUT2D eigenvalue weighted by molar-refractivity contribution is 0.412. The van der Waals surface area contributed by atoms with E-state index < -0.39 is 0 Å². The van der Waals surface area contributed by atoms with E-state index in [1.807, 2.05) is 24.3 Å². The van der Waals surface area contributed by atoms with Crippen molar-refractivity contribution in [2.45, 2.75) is 0 Å². The van der Waals surface area contributed by atoms with Gasteiger partial charge in [-0.3, -0.25) is 0 Å². The van der Waals surface area contributed by atoms with Crippen LogP contribution in [0.4, 0.5) is 0 Å². The van der Waals surface area contributed by atoms with E-state index in [1.165, 1.54) is 0 Å². The zero-order valence-corrected chi connectivity index (χ0v) is 10.1. The van der Waals surface area contributed by atoms with Crippen molar-refractivity contribution < 1.29 is 9.47 Å². The number of nitrogens with zero attached hydrogens (tertiary/aromatic N) is 2. The molecule has 0 spiro atoms. The smallest absolute Gasteiger partial charge is 0.196 e. The number of methoxy groups -OCH3 is 1. The zero-order valence-electron chi connectivity index (χ0n) is 8.55. The highest BCUT2D eigenvalue weighted by Crippen LogP contribution is 2.22. The predicted octanol–water partition coefficient (Wildman–Crippen LogP) is 3.04. The number of halogens is 1. The van der Waals surface area contributed by atoms with Gasteiger partial charge in [0.15, 0.2) is 10.5 Å². The van der Waals surface area contributed by atoms with Crippen molar-refractivity contribution in [3.8, 4) is 17.2 Å². The summed E-state index contributed by atoms with van der Waals surface area (Å²) < 4.78 is 11.1. The van der Waals surface area contributed by atoms with Crippen molar-refractivity contribution in [1.82, 2.24) is 9.97 Å². The maximum atomic E-state index is 5.53. The molecular weight excluding hydrogens is 272 g/mol. The molecule has 16 heavy (non-hydrogen) atoms. The van der Waals surface area contributed by atoms with Gasteiger partial charge < -0.3 is 9.47 Å². The molecule has 0 unspecified atom stereocenters. The van der Waals surface area contributed by atoms with Gasteiger partial charge in [0.1, 0.15) is 11.5 Å². The summed E-state index contributed by atoms with van der Waals surface area (Å²) in [5.74, 6) is 2.10. The maximum absolute atomic E-state index is 5.53. The number of benzene rings is 1. The summed E-state index contributed by atoms with van der Waals surface area (Å²) in [6.45, 7) is 0. The molecule has 1 heterocycles. The molecule has 0 fully saturated rings. The Labute approximate surface area is 101 Å². The van der Waals surface area contributed by atoms with Gasteiger partial charge in [-0.2, -0.15) is 0 Å². The average molecular weight is 281 g/mol. The van der Waals surface area contributed by atoms with Crippen LogP contribution in [0.5, 0.6) is 17.2 Å². The molecule has 0 atom stereocenters. The number of rotatable bonds is 3. The summed E-state index contributed by atoms with van der Waals surface area (Å²) >= 11 is 3.16. The molecule has 82 valence electrons. The first kappa shape index (κ1) is 10.9. The molecule has 0 aliphatic rings. The highest BCUT2D eigenvalue weighted by Gasteiger charge is 1.99. The lowest BCUT2D eigenvalue weighted by atomic mass is 10.3. The molecule has 0 saturated heterocycles. The first-order valence-corrected chi connectivity index (χ1v) is 5.36. The zero-order chi connectivity index (χ0) is 11.4. The van der Waals surface area contributed by atoms with Crippen LogP contribution >= 0.6 is 15.9 Å². The Bertz CT molecular complexity index is 456. The van der Waals surface area contributed by atoms with Gasteiger partial charge in [-0.15, -0.1) is 0 Å². The Balaban J connectivity index is 2.11. The fraction of sp³-hybridized carbons (Fsp3) is 0.0909. The Morgan fingerprint density at radius 3 is 2.06 bits per heavy atom. The molecule has 2 rings (SSSR count). The normalized spacial score (nSPS) is 9.88. The quantitative estimate of drug-likeness (QED) is 0.811. The SMILES string of the molecule is COc1ccc(Oc2cnc(Br)nc2)cc1. The molecular formula is C11H9BrN2O2. The summed E-state index contributed by atoms with van der Waals surface area (Å²) in [7, 11) is 1.62. The maximum Gasteiger partial charge on any atom is 0.196 e. The van der Waals surface area contributed by atoms with E-state index >= 15 is 0 Å². The molecule has 5 heteroatoms. The summed E-state index contributed by atoms with van der Waals surface area (Å²) in [6.07, 6.45) is 3.20. The van der Waals surface area contributed by atoms with Crippen LogP contribution in [0.3, 0.4) is 0 Å². The summed E-state index contributed by atoms with van der Waals surface area (Å²) in [5.41, 5.74) is 0. The first-order valence-electron chi connectivity index (χ1n) is 4.57. The number of hydrogen-bond acceptors (Lipinski definition) is 4. The van der Waals surface area contributed by atoms with Crippen LogP contribution < -0.4 is 9.47 Å². The van der Waals surface area contributed by atoms with E-state index in [9.17, 15) is 0 Å². The molecule has 0 aliphatic carbocycles. The van der Waals surface area contributed by atoms with Crippen molar-refractivity contribution in [3.05, 3.63) is 41.4 Å². The highest BCUT2D eigenvalue weighted by atomic mass is 79.9. The average Bonchev–Trinajstić information content (AvgIpc) is 2.33. The van der Waals surface area contributed by atoms with Crippen molar-refractivity contribution in [2.24, 2.45) is 0 Å². The molecule has 4 nitrogen and oxygen atoms in total. The minimum Gasteiger partial charge on any atom is -0.497 e. The second kappa shape index (κ2) is 4.94. The molecule has 0 N–H and O–H groups in total. The van der Waals surface area contributed by atoms with Crippen molar-refractivity contribution in [2.75, 3.05) is 7.11 Å². The highest BCUT2D eigenvalue weighted by molar-refractivity contribution is 9.10. The second-order valence-electron chi connectivity index (χ2n) is 2.97. The van der Waals surface area contributed by atoms with Gasteiger partial charge in [0, 0.05) is 0 Å². The Hall–Kier alpha value is -1.62. The Kier molecular flexibility index (Phi) is 3.36.